The Balaban J connectivity index is 1.31. The van der Waals surface area contributed by atoms with Gasteiger partial charge < -0.3 is 9.64 Å². The zero-order chi connectivity index (χ0) is 20.5. The van der Waals surface area contributed by atoms with Gasteiger partial charge in [0.05, 0.1) is 35.5 Å². The van der Waals surface area contributed by atoms with Crippen molar-refractivity contribution in [2.75, 3.05) is 13.7 Å². The van der Waals surface area contributed by atoms with E-state index in [2.05, 4.69) is 6.07 Å². The van der Waals surface area contributed by atoms with Crippen LogP contribution >= 0.6 is 22.7 Å². The number of fused-ring (bicyclic) bond motifs is 1. The Kier molecular flexibility index (Phi) is 5.23. The Morgan fingerprint density at radius 1 is 1.17 bits per heavy atom. The Morgan fingerprint density at radius 2 is 2.00 bits per heavy atom. The summed E-state index contributed by atoms with van der Waals surface area (Å²) in [4.78, 5) is 24.6. The van der Waals surface area contributed by atoms with Gasteiger partial charge in [-0.3, -0.25) is 4.79 Å². The predicted octanol–water partition coefficient (Wildman–Crippen LogP) is 5.33. The first-order valence-corrected chi connectivity index (χ1v) is 11.6. The van der Waals surface area contributed by atoms with Crippen LogP contribution in [0.1, 0.15) is 29.6 Å². The number of hydrogen-bond acceptors (Lipinski definition) is 6. The van der Waals surface area contributed by atoms with Crippen LogP contribution in [-0.2, 0) is 11.2 Å². The average molecular weight is 436 g/mol. The Bertz CT molecular complexity index is 1150. The van der Waals surface area contributed by atoms with E-state index < -0.39 is 0 Å². The Morgan fingerprint density at radius 3 is 2.80 bits per heavy atom. The van der Waals surface area contributed by atoms with Crippen LogP contribution in [0.4, 0.5) is 0 Å². The van der Waals surface area contributed by atoms with Gasteiger partial charge in [0.1, 0.15) is 15.8 Å². The molecule has 2 aromatic heterocycles. The van der Waals surface area contributed by atoms with Crippen molar-refractivity contribution in [2.45, 2.75) is 25.3 Å². The number of nitrogens with zero attached hydrogens (tertiary/aromatic N) is 3. The second-order valence-corrected chi connectivity index (χ2v) is 9.23. The smallest absolute Gasteiger partial charge is 0.229 e. The summed E-state index contributed by atoms with van der Waals surface area (Å²) >= 11 is 3.27. The number of amides is 1. The molecule has 0 unspecified atom stereocenters. The van der Waals surface area contributed by atoms with Gasteiger partial charge in [0.2, 0.25) is 5.91 Å². The van der Waals surface area contributed by atoms with Gasteiger partial charge in [-0.25, -0.2) is 9.97 Å². The third kappa shape index (κ3) is 3.70. The third-order valence-electron chi connectivity index (χ3n) is 5.39. The number of carbonyl (C=O) groups excluding carboxylic acids is 1. The van der Waals surface area contributed by atoms with Crippen LogP contribution in [0.2, 0.25) is 0 Å². The van der Waals surface area contributed by atoms with Crippen LogP contribution in [0.3, 0.4) is 0 Å². The topological polar surface area (TPSA) is 55.3 Å². The molecule has 1 saturated heterocycles. The van der Waals surface area contributed by atoms with E-state index in [9.17, 15) is 4.79 Å². The van der Waals surface area contributed by atoms with E-state index in [1.165, 1.54) is 4.70 Å². The van der Waals surface area contributed by atoms with E-state index in [4.69, 9.17) is 14.7 Å². The molecule has 0 aliphatic carbocycles. The van der Waals surface area contributed by atoms with Crippen molar-refractivity contribution in [1.82, 2.24) is 14.9 Å². The molecule has 0 saturated carbocycles. The number of likely N-dealkylation sites (tertiary alicyclic amines) is 1. The van der Waals surface area contributed by atoms with Gasteiger partial charge in [0.25, 0.3) is 0 Å². The lowest BCUT2D eigenvalue weighted by atomic mass is 10.2. The minimum atomic E-state index is 0.0783. The molecule has 5 nitrogen and oxygen atoms in total. The summed E-state index contributed by atoms with van der Waals surface area (Å²) in [6, 6.07) is 16.1. The molecular weight excluding hydrogens is 414 g/mol. The van der Waals surface area contributed by atoms with Crippen LogP contribution in [0, 0.1) is 0 Å². The molecule has 4 aromatic rings. The molecule has 0 spiro atoms. The van der Waals surface area contributed by atoms with E-state index in [0.717, 1.165) is 51.9 Å². The van der Waals surface area contributed by atoms with Crippen LogP contribution in [-0.4, -0.2) is 34.4 Å². The zero-order valence-corrected chi connectivity index (χ0v) is 18.2. The van der Waals surface area contributed by atoms with Crippen LogP contribution in [0.5, 0.6) is 5.75 Å². The van der Waals surface area contributed by atoms with Crippen LogP contribution in [0.25, 0.3) is 20.8 Å². The molecule has 152 valence electrons. The lowest BCUT2D eigenvalue weighted by Gasteiger charge is -2.22. The summed E-state index contributed by atoms with van der Waals surface area (Å²) in [5.41, 5.74) is 2.87. The molecule has 1 amide bonds. The molecule has 30 heavy (non-hydrogen) atoms. The number of carbonyl (C=O) groups is 1. The minimum absolute atomic E-state index is 0.0783. The number of methoxy groups -OCH3 is 1. The maximum atomic E-state index is 13.1. The number of benzene rings is 2. The van der Waals surface area contributed by atoms with Crippen molar-refractivity contribution >= 4 is 38.8 Å². The van der Waals surface area contributed by atoms with Crippen molar-refractivity contribution in [3.63, 3.8) is 0 Å². The third-order valence-corrected chi connectivity index (χ3v) is 7.47. The van der Waals surface area contributed by atoms with E-state index in [-0.39, 0.29) is 11.9 Å². The van der Waals surface area contributed by atoms with Gasteiger partial charge in [0.15, 0.2) is 0 Å². The fourth-order valence-corrected chi connectivity index (χ4v) is 5.81. The molecule has 0 bridgehead atoms. The second kappa shape index (κ2) is 8.16. The summed E-state index contributed by atoms with van der Waals surface area (Å²) in [6.07, 6.45) is 2.31. The molecule has 0 N–H and O–H groups in total. The van der Waals surface area contributed by atoms with Gasteiger partial charge in [-0.15, -0.1) is 22.7 Å². The summed E-state index contributed by atoms with van der Waals surface area (Å²) in [6.45, 7) is 0.787. The number of para-hydroxylation sites is 1. The van der Waals surface area contributed by atoms with E-state index in [0.29, 0.717) is 6.42 Å². The second-order valence-electron chi connectivity index (χ2n) is 7.31. The highest BCUT2D eigenvalue weighted by molar-refractivity contribution is 7.18. The minimum Gasteiger partial charge on any atom is -0.497 e. The first-order valence-electron chi connectivity index (χ1n) is 9.95. The summed E-state index contributed by atoms with van der Waals surface area (Å²) < 4.78 is 6.39. The largest absolute Gasteiger partial charge is 0.497 e. The highest BCUT2D eigenvalue weighted by atomic mass is 32.1. The summed E-state index contributed by atoms with van der Waals surface area (Å²) in [7, 11) is 1.65. The quantitative estimate of drug-likeness (QED) is 0.425. The fourth-order valence-electron chi connectivity index (χ4n) is 3.87. The molecular formula is C23H21N3O2S2. The van der Waals surface area contributed by atoms with Crippen molar-refractivity contribution in [1.29, 1.82) is 0 Å². The standard InChI is InChI=1S/C23H21N3O2S2/c1-28-17-10-8-15(9-11-17)22-24-16(14-29-22)13-21(27)26-12-4-6-19(26)23-25-18-5-2-3-7-20(18)30-23/h2-3,5,7-11,14,19H,4,6,12-13H2,1H3/t19-/m1/s1. The average Bonchev–Trinajstić information content (AvgIpc) is 3.52. The highest BCUT2D eigenvalue weighted by Crippen LogP contribution is 2.37. The predicted molar refractivity (Wildman–Crippen MR) is 121 cm³/mol. The molecule has 7 heteroatoms. The number of rotatable bonds is 5. The normalized spacial score (nSPS) is 16.3. The summed E-state index contributed by atoms with van der Waals surface area (Å²) in [5.74, 6) is 0.948. The van der Waals surface area contributed by atoms with Crippen LogP contribution in [0.15, 0.2) is 53.9 Å². The van der Waals surface area contributed by atoms with Gasteiger partial charge in [-0.1, -0.05) is 12.1 Å². The van der Waals surface area contributed by atoms with Gasteiger partial charge in [-0.2, -0.15) is 0 Å². The van der Waals surface area contributed by atoms with Gasteiger partial charge in [-0.05, 0) is 49.2 Å². The first-order chi connectivity index (χ1) is 14.7. The SMILES string of the molecule is COc1ccc(-c2nc(CC(=O)N3CCC[C@@H]3c3nc4ccccc4s3)cs2)cc1. The van der Waals surface area contributed by atoms with Crippen molar-refractivity contribution < 1.29 is 9.53 Å². The van der Waals surface area contributed by atoms with Gasteiger partial charge >= 0.3 is 0 Å². The van der Waals surface area contributed by atoms with E-state index >= 15 is 0 Å². The van der Waals surface area contributed by atoms with Gasteiger partial charge in [0, 0.05) is 17.5 Å². The van der Waals surface area contributed by atoms with Crippen LogP contribution < -0.4 is 4.74 Å². The molecule has 0 radical (unpaired) electrons. The highest BCUT2D eigenvalue weighted by Gasteiger charge is 2.32. The lowest BCUT2D eigenvalue weighted by Crippen LogP contribution is -2.31. The molecule has 1 aliphatic heterocycles. The van der Waals surface area contributed by atoms with Crippen molar-refractivity contribution in [3.8, 4) is 16.3 Å². The Labute approximate surface area is 183 Å². The molecule has 3 heterocycles. The number of thiazole rings is 2. The number of ether oxygens (including phenoxy) is 1. The van der Waals surface area contributed by atoms with Crippen molar-refractivity contribution in [2.24, 2.45) is 0 Å². The molecule has 1 fully saturated rings. The zero-order valence-electron chi connectivity index (χ0n) is 16.6. The fraction of sp³-hybridized carbons (Fsp3) is 0.261. The molecule has 1 atom stereocenters. The lowest BCUT2D eigenvalue weighted by molar-refractivity contribution is -0.131. The first kappa shape index (κ1) is 19.2. The molecule has 2 aromatic carbocycles. The monoisotopic (exact) mass is 435 g/mol. The molecule has 5 rings (SSSR count). The Hall–Kier alpha value is -2.77. The maximum Gasteiger partial charge on any atom is 0.229 e. The summed E-state index contributed by atoms with van der Waals surface area (Å²) in [5, 5.41) is 3.95. The van der Waals surface area contributed by atoms with E-state index in [1.54, 1.807) is 29.8 Å². The maximum absolute atomic E-state index is 13.1. The van der Waals surface area contributed by atoms with E-state index in [1.807, 2.05) is 52.7 Å². The van der Waals surface area contributed by atoms with Crippen molar-refractivity contribution in [3.05, 3.63) is 64.6 Å². The number of hydrogen-bond donors (Lipinski definition) is 0. The number of aromatic nitrogens is 2. The molecule has 1 aliphatic rings.